The molecule has 1 N–H and O–H groups in total. The van der Waals surface area contributed by atoms with Gasteiger partial charge in [-0.05, 0) is 39.0 Å². The Hall–Kier alpha value is -2.31. The van der Waals surface area contributed by atoms with E-state index in [1.165, 1.54) is 19.3 Å². The van der Waals surface area contributed by atoms with Gasteiger partial charge in [0.05, 0.1) is 6.26 Å². The normalized spacial score (nSPS) is 14.7. The Balaban J connectivity index is 2.78. The summed E-state index contributed by atoms with van der Waals surface area (Å²) < 4.78 is 10.2. The highest BCUT2D eigenvalue weighted by atomic mass is 16.6. The lowest BCUT2D eigenvalue weighted by atomic mass is 10.1. The van der Waals surface area contributed by atoms with Gasteiger partial charge in [-0.3, -0.25) is 10.1 Å². The minimum atomic E-state index is -0.997. The van der Waals surface area contributed by atoms with Crippen molar-refractivity contribution in [1.29, 1.82) is 0 Å². The number of carbonyl (C=O) groups is 1. The van der Waals surface area contributed by atoms with Gasteiger partial charge in [0, 0.05) is 11.8 Å². The molecule has 0 spiro atoms. The van der Waals surface area contributed by atoms with Gasteiger partial charge >= 0.3 is 6.09 Å². The molecule has 21 heavy (non-hydrogen) atoms. The summed E-state index contributed by atoms with van der Waals surface area (Å²) in [6.45, 7) is 6.57. The molecule has 2 atom stereocenters. The third kappa shape index (κ3) is 6.11. The summed E-state index contributed by atoms with van der Waals surface area (Å²) in [7, 11) is 0. The molecule has 116 valence electrons. The van der Waals surface area contributed by atoms with Gasteiger partial charge in [-0.2, -0.15) is 0 Å². The molecule has 0 aliphatic carbocycles. The average molecular weight is 296 g/mol. The lowest BCUT2D eigenvalue weighted by Gasteiger charge is -2.22. The van der Waals surface area contributed by atoms with Crippen LogP contribution in [-0.4, -0.2) is 28.7 Å². The van der Waals surface area contributed by atoms with E-state index in [1.54, 1.807) is 39.0 Å². The zero-order valence-electron chi connectivity index (χ0n) is 12.5. The highest BCUT2D eigenvalue weighted by Crippen LogP contribution is 2.10. The van der Waals surface area contributed by atoms with E-state index in [1.807, 2.05) is 0 Å². The molecule has 0 radical (unpaired) electrons. The minimum absolute atomic E-state index is 0.464. The number of amides is 1. The number of hydrogen-bond donors (Lipinski definition) is 1. The number of ether oxygens (including phenoxy) is 1. The molecule has 0 saturated heterocycles. The van der Waals surface area contributed by atoms with E-state index in [9.17, 15) is 14.9 Å². The Morgan fingerprint density at radius 3 is 2.67 bits per heavy atom. The predicted octanol–water partition coefficient (Wildman–Crippen LogP) is 2.85. The molecule has 0 aliphatic rings. The van der Waals surface area contributed by atoms with Crippen molar-refractivity contribution in [3.05, 3.63) is 40.3 Å². The number of carbonyl (C=O) groups excluding carboxylic acids is 1. The molecular weight excluding hydrogens is 276 g/mol. The van der Waals surface area contributed by atoms with Gasteiger partial charge in [-0.15, -0.1) is 0 Å². The van der Waals surface area contributed by atoms with Crippen molar-refractivity contribution in [3.8, 4) is 0 Å². The summed E-state index contributed by atoms with van der Waals surface area (Å²) in [5, 5.41) is 13.4. The molecule has 1 heterocycles. The van der Waals surface area contributed by atoms with Gasteiger partial charge in [-0.25, -0.2) is 4.79 Å². The Bertz CT molecular complexity index is 502. The van der Waals surface area contributed by atoms with Crippen molar-refractivity contribution in [2.45, 2.75) is 45.4 Å². The third-order valence-electron chi connectivity index (χ3n) is 2.55. The summed E-state index contributed by atoms with van der Waals surface area (Å²) in [5.41, 5.74) is -0.669. The molecule has 1 aromatic heterocycles. The standard InChI is InChI=1S/C14H20N2O5/c1-10(16(18)19)12(8-7-11-6-5-9-20-11)15-13(17)21-14(2,3)4/h5-10,12H,1-4H3,(H,15,17)/b8-7+/t10-,12+/m0/s1. The molecule has 0 bridgehead atoms. The van der Waals surface area contributed by atoms with Crippen molar-refractivity contribution >= 4 is 12.2 Å². The van der Waals surface area contributed by atoms with Crippen LogP contribution in [0.3, 0.4) is 0 Å². The minimum Gasteiger partial charge on any atom is -0.465 e. The van der Waals surface area contributed by atoms with Crippen molar-refractivity contribution in [3.63, 3.8) is 0 Å². The molecule has 7 heteroatoms. The van der Waals surface area contributed by atoms with Gasteiger partial charge in [0.1, 0.15) is 17.4 Å². The number of alkyl carbamates (subject to hydrolysis) is 1. The van der Waals surface area contributed by atoms with Crippen LogP contribution in [-0.2, 0) is 4.74 Å². The van der Waals surface area contributed by atoms with Crippen LogP contribution in [0.25, 0.3) is 6.08 Å². The zero-order valence-corrected chi connectivity index (χ0v) is 12.5. The highest BCUT2D eigenvalue weighted by molar-refractivity contribution is 5.68. The van der Waals surface area contributed by atoms with Crippen LogP contribution >= 0.6 is 0 Å². The molecule has 0 fully saturated rings. The summed E-state index contributed by atoms with van der Waals surface area (Å²) in [6.07, 6.45) is 3.87. The maximum absolute atomic E-state index is 11.7. The molecule has 1 rings (SSSR count). The fraction of sp³-hybridized carbons (Fsp3) is 0.500. The van der Waals surface area contributed by atoms with E-state index >= 15 is 0 Å². The van der Waals surface area contributed by atoms with Crippen molar-refractivity contribution < 1.29 is 18.9 Å². The summed E-state index contributed by atoms with van der Waals surface area (Å²) in [5.74, 6) is 0.543. The number of nitrogens with zero attached hydrogens (tertiary/aromatic N) is 1. The Kier molecular flexibility index (Phi) is 5.52. The Morgan fingerprint density at radius 1 is 1.52 bits per heavy atom. The number of nitrogens with one attached hydrogen (secondary N) is 1. The first-order chi connectivity index (χ1) is 9.69. The van der Waals surface area contributed by atoms with E-state index in [-0.39, 0.29) is 0 Å². The summed E-state index contributed by atoms with van der Waals surface area (Å²) in [4.78, 5) is 22.2. The van der Waals surface area contributed by atoms with Crippen molar-refractivity contribution in [2.75, 3.05) is 0 Å². The number of rotatable bonds is 5. The second kappa shape index (κ2) is 6.92. The molecule has 0 aliphatic heterocycles. The maximum Gasteiger partial charge on any atom is 0.408 e. The molecule has 0 aromatic carbocycles. The van der Waals surface area contributed by atoms with E-state index in [2.05, 4.69) is 5.32 Å². The van der Waals surface area contributed by atoms with Crippen molar-refractivity contribution in [2.24, 2.45) is 0 Å². The molecule has 1 amide bonds. The largest absolute Gasteiger partial charge is 0.465 e. The fourth-order valence-corrected chi connectivity index (χ4v) is 1.49. The lowest BCUT2D eigenvalue weighted by molar-refractivity contribution is -0.520. The second-order valence-corrected chi connectivity index (χ2v) is 5.57. The lowest BCUT2D eigenvalue weighted by Crippen LogP contribution is -2.46. The Morgan fingerprint density at radius 2 is 2.19 bits per heavy atom. The van der Waals surface area contributed by atoms with Gasteiger partial charge in [0.15, 0.2) is 0 Å². The zero-order chi connectivity index (χ0) is 16.0. The van der Waals surface area contributed by atoms with Crippen LogP contribution in [0, 0.1) is 10.1 Å². The molecule has 7 nitrogen and oxygen atoms in total. The molecule has 0 unspecified atom stereocenters. The highest BCUT2D eigenvalue weighted by Gasteiger charge is 2.28. The third-order valence-corrected chi connectivity index (χ3v) is 2.55. The first kappa shape index (κ1) is 16.7. The monoisotopic (exact) mass is 296 g/mol. The predicted molar refractivity (Wildman–Crippen MR) is 77.4 cm³/mol. The van der Waals surface area contributed by atoms with Crippen LogP contribution in [0.5, 0.6) is 0 Å². The van der Waals surface area contributed by atoms with Gasteiger partial charge in [0.2, 0.25) is 6.04 Å². The quantitative estimate of drug-likeness (QED) is 0.666. The molecular formula is C14H20N2O5. The van der Waals surface area contributed by atoms with Gasteiger partial charge in [-0.1, -0.05) is 6.08 Å². The van der Waals surface area contributed by atoms with E-state index in [0.29, 0.717) is 5.76 Å². The number of furan rings is 1. The molecule has 1 aromatic rings. The second-order valence-electron chi connectivity index (χ2n) is 5.57. The van der Waals surface area contributed by atoms with E-state index in [4.69, 9.17) is 9.15 Å². The van der Waals surface area contributed by atoms with Crippen LogP contribution in [0.2, 0.25) is 0 Å². The van der Waals surface area contributed by atoms with Crippen LogP contribution in [0.1, 0.15) is 33.5 Å². The topological polar surface area (TPSA) is 94.6 Å². The number of nitro groups is 1. The summed E-state index contributed by atoms with van der Waals surface area (Å²) >= 11 is 0. The van der Waals surface area contributed by atoms with Gasteiger partial charge in [0.25, 0.3) is 0 Å². The van der Waals surface area contributed by atoms with Crippen molar-refractivity contribution in [1.82, 2.24) is 5.32 Å². The van der Waals surface area contributed by atoms with Gasteiger partial charge < -0.3 is 14.5 Å². The van der Waals surface area contributed by atoms with E-state index < -0.39 is 28.7 Å². The maximum atomic E-state index is 11.7. The average Bonchev–Trinajstić information content (AvgIpc) is 2.84. The summed E-state index contributed by atoms with van der Waals surface area (Å²) in [6, 6.07) is 1.61. The fourth-order valence-electron chi connectivity index (χ4n) is 1.49. The smallest absolute Gasteiger partial charge is 0.408 e. The first-order valence-corrected chi connectivity index (χ1v) is 6.54. The van der Waals surface area contributed by atoms with Crippen LogP contribution < -0.4 is 5.32 Å². The SMILES string of the molecule is C[C@@H]([C@@H](/C=C/c1ccco1)NC(=O)OC(C)(C)C)[N+](=O)[O-]. The van der Waals surface area contributed by atoms with E-state index in [0.717, 1.165) is 0 Å². The first-order valence-electron chi connectivity index (χ1n) is 6.54. The Labute approximate surface area is 123 Å². The number of hydrogen-bond acceptors (Lipinski definition) is 5. The van der Waals surface area contributed by atoms with Crippen LogP contribution in [0.15, 0.2) is 28.9 Å². The molecule has 0 saturated carbocycles. The van der Waals surface area contributed by atoms with Crippen LogP contribution in [0.4, 0.5) is 4.79 Å².